The number of nitro groups is 1. The van der Waals surface area contributed by atoms with E-state index in [1.54, 1.807) is 0 Å². The second kappa shape index (κ2) is 5.69. The maximum absolute atomic E-state index is 10.8. The molecule has 0 saturated heterocycles. The number of nitrogens with zero attached hydrogens (tertiary/aromatic N) is 4. The molecule has 0 atom stereocenters. The van der Waals surface area contributed by atoms with E-state index >= 15 is 0 Å². The Bertz CT molecular complexity index is 662. The maximum Gasteiger partial charge on any atom is 0.433 e. The Morgan fingerprint density at radius 3 is 2.75 bits per heavy atom. The molecule has 2 aromatic heterocycles. The zero-order chi connectivity index (χ0) is 14.5. The Hall–Kier alpha value is -3.10. The van der Waals surface area contributed by atoms with Crippen LogP contribution < -0.4 is 5.32 Å². The van der Waals surface area contributed by atoms with Crippen LogP contribution in [0.15, 0.2) is 22.7 Å². The van der Waals surface area contributed by atoms with Crippen LogP contribution >= 0.6 is 0 Å². The number of carbonyl (C=O) groups excluding carboxylic acids is 1. The van der Waals surface area contributed by atoms with Crippen molar-refractivity contribution in [2.45, 2.75) is 6.92 Å². The van der Waals surface area contributed by atoms with Gasteiger partial charge < -0.3 is 4.42 Å². The van der Waals surface area contributed by atoms with Crippen molar-refractivity contribution in [3.8, 4) is 0 Å². The minimum absolute atomic E-state index is 0.100. The van der Waals surface area contributed by atoms with Gasteiger partial charge in [-0.2, -0.15) is 0 Å². The van der Waals surface area contributed by atoms with Gasteiger partial charge in [-0.1, -0.05) is 0 Å². The van der Waals surface area contributed by atoms with Crippen LogP contribution in [0.4, 0.5) is 11.8 Å². The van der Waals surface area contributed by atoms with E-state index in [1.165, 1.54) is 37.4 Å². The molecule has 2 heterocycles. The Morgan fingerprint density at radius 1 is 1.40 bits per heavy atom. The van der Waals surface area contributed by atoms with Gasteiger partial charge in [-0.3, -0.25) is 20.2 Å². The molecule has 102 valence electrons. The third-order valence-corrected chi connectivity index (χ3v) is 2.08. The van der Waals surface area contributed by atoms with Crippen molar-refractivity contribution in [2.24, 2.45) is 0 Å². The first-order chi connectivity index (χ1) is 9.54. The molecule has 9 heteroatoms. The summed E-state index contributed by atoms with van der Waals surface area (Å²) in [5, 5.41) is 20.3. The van der Waals surface area contributed by atoms with Gasteiger partial charge in [0.2, 0.25) is 11.9 Å². The summed E-state index contributed by atoms with van der Waals surface area (Å²) >= 11 is 0. The smallest absolute Gasteiger partial charge is 0.401 e. The molecule has 0 bridgehead atoms. The van der Waals surface area contributed by atoms with E-state index in [2.05, 4.69) is 20.5 Å². The Balaban J connectivity index is 2.06. The SMILES string of the molecule is CC(=O)Nc1ncc(/C=C/c2ccc([N+](=O)[O-])o2)nn1. The summed E-state index contributed by atoms with van der Waals surface area (Å²) in [7, 11) is 0. The maximum atomic E-state index is 10.8. The topological polar surface area (TPSA) is 124 Å². The van der Waals surface area contributed by atoms with Crippen molar-refractivity contribution >= 4 is 29.9 Å². The zero-order valence-corrected chi connectivity index (χ0v) is 10.3. The number of aromatic nitrogens is 3. The largest absolute Gasteiger partial charge is 0.433 e. The lowest BCUT2D eigenvalue weighted by molar-refractivity contribution is -0.402. The summed E-state index contributed by atoms with van der Waals surface area (Å²) in [5.74, 6) is -0.222. The molecule has 0 fully saturated rings. The molecule has 0 spiro atoms. The van der Waals surface area contributed by atoms with Crippen LogP contribution in [0.1, 0.15) is 18.4 Å². The minimum atomic E-state index is -0.624. The van der Waals surface area contributed by atoms with Gasteiger partial charge in [-0.05, 0) is 18.2 Å². The van der Waals surface area contributed by atoms with Crippen LogP contribution in [0.5, 0.6) is 0 Å². The van der Waals surface area contributed by atoms with E-state index in [0.717, 1.165) is 0 Å². The number of carbonyl (C=O) groups is 1. The molecule has 2 aromatic rings. The molecule has 0 aromatic carbocycles. The van der Waals surface area contributed by atoms with Gasteiger partial charge in [0.05, 0.1) is 12.3 Å². The van der Waals surface area contributed by atoms with Gasteiger partial charge in [0.15, 0.2) is 0 Å². The molecule has 9 nitrogen and oxygen atoms in total. The Morgan fingerprint density at radius 2 is 2.20 bits per heavy atom. The first-order valence-electron chi connectivity index (χ1n) is 5.44. The Labute approximate surface area is 112 Å². The number of furan rings is 1. The zero-order valence-electron chi connectivity index (χ0n) is 10.3. The molecule has 0 aliphatic heterocycles. The second-order valence-corrected chi connectivity index (χ2v) is 3.65. The number of amides is 1. The molecular weight excluding hydrogens is 266 g/mol. The van der Waals surface area contributed by atoms with Crippen molar-refractivity contribution in [1.82, 2.24) is 15.2 Å². The van der Waals surface area contributed by atoms with Gasteiger partial charge in [0.1, 0.15) is 16.4 Å². The first-order valence-corrected chi connectivity index (χ1v) is 5.44. The lowest BCUT2D eigenvalue weighted by atomic mass is 10.3. The van der Waals surface area contributed by atoms with E-state index < -0.39 is 4.92 Å². The summed E-state index contributed by atoms with van der Waals surface area (Å²) < 4.78 is 4.93. The fraction of sp³-hybridized carbons (Fsp3) is 0.0909. The van der Waals surface area contributed by atoms with Crippen molar-refractivity contribution in [2.75, 3.05) is 5.32 Å². The monoisotopic (exact) mass is 275 g/mol. The van der Waals surface area contributed by atoms with Crippen LogP contribution in [0.25, 0.3) is 12.2 Å². The van der Waals surface area contributed by atoms with Gasteiger partial charge in [0.25, 0.3) is 0 Å². The van der Waals surface area contributed by atoms with Gasteiger partial charge >= 0.3 is 5.88 Å². The molecule has 2 rings (SSSR count). The van der Waals surface area contributed by atoms with Crippen LogP contribution in [-0.2, 0) is 4.79 Å². The van der Waals surface area contributed by atoms with Gasteiger partial charge in [-0.25, -0.2) is 4.98 Å². The van der Waals surface area contributed by atoms with Gasteiger partial charge in [0, 0.05) is 6.92 Å². The third kappa shape index (κ3) is 3.45. The van der Waals surface area contributed by atoms with Gasteiger partial charge in [-0.15, -0.1) is 10.2 Å². The second-order valence-electron chi connectivity index (χ2n) is 3.65. The number of hydrogen-bond donors (Lipinski definition) is 1. The van der Waals surface area contributed by atoms with Crippen molar-refractivity contribution in [3.05, 3.63) is 39.9 Å². The number of hydrogen-bond acceptors (Lipinski definition) is 7. The third-order valence-electron chi connectivity index (χ3n) is 2.08. The summed E-state index contributed by atoms with van der Waals surface area (Å²) in [6.45, 7) is 1.33. The molecule has 0 aliphatic carbocycles. The summed E-state index contributed by atoms with van der Waals surface area (Å²) in [6, 6.07) is 2.71. The summed E-state index contributed by atoms with van der Waals surface area (Å²) in [5.41, 5.74) is 0.415. The van der Waals surface area contributed by atoms with E-state index in [0.29, 0.717) is 11.5 Å². The molecular formula is C11H9N5O4. The van der Waals surface area contributed by atoms with Crippen LogP contribution in [0.3, 0.4) is 0 Å². The van der Waals surface area contributed by atoms with E-state index in [4.69, 9.17) is 4.42 Å². The highest BCUT2D eigenvalue weighted by molar-refractivity contribution is 5.86. The molecule has 20 heavy (non-hydrogen) atoms. The van der Waals surface area contributed by atoms with Crippen LogP contribution in [0.2, 0.25) is 0 Å². The number of anilines is 1. The lowest BCUT2D eigenvalue weighted by Crippen LogP contribution is -2.10. The van der Waals surface area contributed by atoms with E-state index in [-0.39, 0.29) is 17.7 Å². The summed E-state index contributed by atoms with van der Waals surface area (Å²) in [6.07, 6.45) is 4.42. The quantitative estimate of drug-likeness (QED) is 0.662. The Kier molecular flexibility index (Phi) is 3.80. The summed E-state index contributed by atoms with van der Waals surface area (Å²) in [4.78, 5) is 24.4. The number of rotatable bonds is 4. The number of nitrogens with one attached hydrogen (secondary N) is 1. The molecule has 0 unspecified atom stereocenters. The average Bonchev–Trinajstić information content (AvgIpc) is 2.86. The van der Waals surface area contributed by atoms with E-state index in [1.807, 2.05) is 0 Å². The lowest BCUT2D eigenvalue weighted by Gasteiger charge is -1.97. The average molecular weight is 275 g/mol. The van der Waals surface area contributed by atoms with Crippen molar-refractivity contribution < 1.29 is 14.1 Å². The standard InChI is InChI=1S/C11H9N5O4/c1-7(17)13-11-12-6-8(14-15-11)2-3-9-4-5-10(20-9)16(18)19/h2-6H,1H3,(H,12,13,15,17)/b3-2+. The fourth-order valence-corrected chi connectivity index (χ4v) is 1.27. The molecule has 0 radical (unpaired) electrons. The van der Waals surface area contributed by atoms with Crippen LogP contribution in [-0.4, -0.2) is 26.0 Å². The normalized spacial score (nSPS) is 10.7. The molecule has 1 amide bonds. The van der Waals surface area contributed by atoms with Crippen molar-refractivity contribution in [3.63, 3.8) is 0 Å². The predicted octanol–water partition coefficient (Wildman–Crippen LogP) is 1.50. The highest BCUT2D eigenvalue weighted by Crippen LogP contribution is 2.17. The minimum Gasteiger partial charge on any atom is -0.401 e. The first kappa shape index (κ1) is 13.3. The fourth-order valence-electron chi connectivity index (χ4n) is 1.27. The van der Waals surface area contributed by atoms with E-state index in [9.17, 15) is 14.9 Å². The highest BCUT2D eigenvalue weighted by Gasteiger charge is 2.09. The predicted molar refractivity (Wildman–Crippen MR) is 68.4 cm³/mol. The molecule has 0 saturated carbocycles. The molecule has 1 N–H and O–H groups in total. The molecule has 0 aliphatic rings. The van der Waals surface area contributed by atoms with Crippen LogP contribution in [0, 0.1) is 10.1 Å². The van der Waals surface area contributed by atoms with Crippen molar-refractivity contribution in [1.29, 1.82) is 0 Å². The highest BCUT2D eigenvalue weighted by atomic mass is 16.6.